The molecule has 0 aromatic carbocycles. The zero-order valence-corrected chi connectivity index (χ0v) is 14.0. The number of carbonyl (C=O) groups is 4. The van der Waals surface area contributed by atoms with Crippen LogP contribution in [-0.2, 0) is 19.2 Å². The van der Waals surface area contributed by atoms with Crippen LogP contribution in [0, 0.1) is 0 Å². The molecule has 0 heterocycles. The highest BCUT2D eigenvalue weighted by Crippen LogP contribution is 2.04. The predicted octanol–water partition coefficient (Wildman–Crippen LogP) is 2.70. The smallest absolute Gasteiger partial charge is 0.303 e. The van der Waals surface area contributed by atoms with E-state index in [1.807, 2.05) is 6.08 Å². The highest BCUT2D eigenvalue weighted by Gasteiger charge is 2.05. The summed E-state index contributed by atoms with van der Waals surface area (Å²) in [5.41, 5.74) is 0.556. The molecule has 6 heteroatoms. The first-order valence-electron chi connectivity index (χ1n) is 7.87. The second kappa shape index (κ2) is 13.0. The summed E-state index contributed by atoms with van der Waals surface area (Å²) in [6.45, 7) is 4.96. The molecule has 6 nitrogen and oxygen atoms in total. The molecule has 2 N–H and O–H groups in total. The Hall–Kier alpha value is -2.50. The number of Topliss-reactive ketones (excluding diaryl/α,β-unsaturated/α-hetero) is 2. The van der Waals surface area contributed by atoms with Crippen molar-refractivity contribution in [1.29, 1.82) is 0 Å². The number of nitrogens with one attached hydrogen (secondary N) is 1. The van der Waals surface area contributed by atoms with E-state index in [1.165, 1.54) is 13.0 Å². The number of unbranched alkanes of at least 4 members (excludes halogenated alkanes) is 1. The lowest BCUT2D eigenvalue weighted by molar-refractivity contribution is -0.137. The molecule has 0 aromatic rings. The van der Waals surface area contributed by atoms with Gasteiger partial charge < -0.3 is 10.4 Å². The number of allylic oxidation sites excluding steroid dienone is 4. The number of amides is 1. The van der Waals surface area contributed by atoms with Crippen LogP contribution in [0.3, 0.4) is 0 Å². The molecule has 0 aliphatic rings. The lowest BCUT2D eigenvalue weighted by Crippen LogP contribution is -2.21. The fourth-order valence-electron chi connectivity index (χ4n) is 1.88. The molecule has 0 aromatic heterocycles. The quantitative estimate of drug-likeness (QED) is 0.306. The minimum absolute atomic E-state index is 0.0161. The van der Waals surface area contributed by atoms with Crippen LogP contribution in [0.1, 0.15) is 51.9 Å². The van der Waals surface area contributed by atoms with Crippen LogP contribution in [-0.4, -0.2) is 28.5 Å². The summed E-state index contributed by atoms with van der Waals surface area (Å²) in [6, 6.07) is 0. The van der Waals surface area contributed by atoms with Crippen LogP contribution >= 0.6 is 0 Å². The Kier molecular flexibility index (Phi) is 11.6. The van der Waals surface area contributed by atoms with Crippen molar-refractivity contribution in [3.8, 4) is 0 Å². The number of hydrogen-bond acceptors (Lipinski definition) is 4. The molecule has 24 heavy (non-hydrogen) atoms. The third kappa shape index (κ3) is 13.2. The van der Waals surface area contributed by atoms with E-state index in [1.54, 1.807) is 12.2 Å². The normalized spacial score (nSPS) is 11.3. The van der Waals surface area contributed by atoms with Gasteiger partial charge in [0, 0.05) is 25.0 Å². The largest absolute Gasteiger partial charge is 0.481 e. The maximum absolute atomic E-state index is 11.7. The van der Waals surface area contributed by atoms with Crippen molar-refractivity contribution in [3.63, 3.8) is 0 Å². The van der Waals surface area contributed by atoms with Gasteiger partial charge in [-0.1, -0.05) is 18.7 Å². The van der Waals surface area contributed by atoms with Crippen LogP contribution < -0.4 is 5.32 Å². The van der Waals surface area contributed by atoms with Gasteiger partial charge in [-0.2, -0.15) is 0 Å². The fourth-order valence-corrected chi connectivity index (χ4v) is 1.88. The monoisotopic (exact) mass is 335 g/mol. The summed E-state index contributed by atoms with van der Waals surface area (Å²) >= 11 is 0. The zero-order valence-electron chi connectivity index (χ0n) is 14.0. The predicted molar refractivity (Wildman–Crippen MR) is 91.2 cm³/mol. The van der Waals surface area contributed by atoms with Crippen molar-refractivity contribution < 1.29 is 24.3 Å². The first kappa shape index (κ1) is 21.5. The summed E-state index contributed by atoms with van der Waals surface area (Å²) in [5.74, 6) is -1.38. The van der Waals surface area contributed by atoms with Gasteiger partial charge in [0.15, 0.2) is 0 Å². The Bertz CT molecular complexity index is 532. The van der Waals surface area contributed by atoms with Crippen molar-refractivity contribution >= 4 is 23.4 Å². The van der Waals surface area contributed by atoms with Gasteiger partial charge in [-0.05, 0) is 38.3 Å². The van der Waals surface area contributed by atoms with Gasteiger partial charge in [0.05, 0.1) is 6.42 Å². The van der Waals surface area contributed by atoms with E-state index < -0.39 is 5.97 Å². The van der Waals surface area contributed by atoms with Crippen LogP contribution in [0.2, 0.25) is 0 Å². The second-order valence-electron chi connectivity index (χ2n) is 5.37. The molecule has 0 fully saturated rings. The van der Waals surface area contributed by atoms with Crippen LogP contribution in [0.4, 0.5) is 0 Å². The van der Waals surface area contributed by atoms with Gasteiger partial charge in [-0.15, -0.1) is 0 Å². The summed E-state index contributed by atoms with van der Waals surface area (Å²) < 4.78 is 0. The van der Waals surface area contributed by atoms with Crippen LogP contribution in [0.15, 0.2) is 36.6 Å². The van der Waals surface area contributed by atoms with E-state index in [2.05, 4.69) is 11.9 Å². The van der Waals surface area contributed by atoms with Crippen molar-refractivity contribution in [2.45, 2.75) is 51.9 Å². The molecule has 0 radical (unpaired) electrons. The molecular weight excluding hydrogens is 310 g/mol. The van der Waals surface area contributed by atoms with E-state index in [-0.39, 0.29) is 43.2 Å². The van der Waals surface area contributed by atoms with Crippen molar-refractivity contribution in [3.05, 3.63) is 36.6 Å². The van der Waals surface area contributed by atoms with Gasteiger partial charge in [0.25, 0.3) is 0 Å². The van der Waals surface area contributed by atoms with Gasteiger partial charge in [0.1, 0.15) is 11.6 Å². The highest BCUT2D eigenvalue weighted by atomic mass is 16.4. The number of rotatable bonds is 13. The Labute approximate surface area is 142 Å². The van der Waals surface area contributed by atoms with Crippen LogP contribution in [0.25, 0.3) is 0 Å². The molecule has 0 aliphatic heterocycles. The van der Waals surface area contributed by atoms with Crippen molar-refractivity contribution in [2.75, 3.05) is 0 Å². The Morgan fingerprint density at radius 1 is 1.08 bits per heavy atom. The van der Waals surface area contributed by atoms with Gasteiger partial charge in [-0.3, -0.25) is 19.2 Å². The molecule has 0 atom stereocenters. The molecule has 0 unspecified atom stereocenters. The summed E-state index contributed by atoms with van der Waals surface area (Å²) in [6.07, 6.45) is 8.70. The molecule has 132 valence electrons. The summed E-state index contributed by atoms with van der Waals surface area (Å²) in [4.78, 5) is 44.3. The molecule has 0 aliphatic carbocycles. The zero-order chi connectivity index (χ0) is 18.4. The van der Waals surface area contributed by atoms with Gasteiger partial charge >= 0.3 is 5.97 Å². The SMILES string of the molecule is C=C/C=C(\C=C/CCCC(=O)CC(C)=O)NC(=O)CCCC(=O)O. The van der Waals surface area contributed by atoms with E-state index in [9.17, 15) is 19.2 Å². The molecule has 0 saturated carbocycles. The van der Waals surface area contributed by atoms with Gasteiger partial charge in [-0.25, -0.2) is 0 Å². The van der Waals surface area contributed by atoms with E-state index in [0.29, 0.717) is 25.0 Å². The standard InChI is InChI=1S/C18H25NO5/c1-3-8-15(19-17(22)11-7-12-18(23)24)9-5-4-6-10-16(21)13-14(2)20/h3,5,8-9H,1,4,6-7,10-13H2,2H3,(H,19,22)(H,23,24)/b9-5-,15-8+. The van der Waals surface area contributed by atoms with E-state index >= 15 is 0 Å². The Morgan fingerprint density at radius 3 is 2.38 bits per heavy atom. The number of aliphatic carboxylic acids is 1. The van der Waals surface area contributed by atoms with Crippen molar-refractivity contribution in [2.24, 2.45) is 0 Å². The second-order valence-corrected chi connectivity index (χ2v) is 5.37. The van der Waals surface area contributed by atoms with E-state index in [0.717, 1.165) is 0 Å². The number of carboxylic acids is 1. The Balaban J connectivity index is 4.19. The fraction of sp³-hybridized carbons (Fsp3) is 0.444. The molecule has 0 bridgehead atoms. The number of carboxylic acid groups (broad SMARTS) is 1. The molecular formula is C18H25NO5. The summed E-state index contributed by atoms with van der Waals surface area (Å²) in [5, 5.41) is 11.2. The maximum atomic E-state index is 11.7. The average molecular weight is 335 g/mol. The van der Waals surface area contributed by atoms with Crippen molar-refractivity contribution in [1.82, 2.24) is 5.32 Å². The molecule has 0 spiro atoms. The minimum Gasteiger partial charge on any atom is -0.481 e. The first-order valence-corrected chi connectivity index (χ1v) is 7.87. The maximum Gasteiger partial charge on any atom is 0.303 e. The average Bonchev–Trinajstić information content (AvgIpc) is 2.45. The molecule has 0 saturated heterocycles. The highest BCUT2D eigenvalue weighted by molar-refractivity contribution is 5.97. The van der Waals surface area contributed by atoms with Gasteiger partial charge in [0.2, 0.25) is 5.91 Å². The topological polar surface area (TPSA) is 101 Å². The van der Waals surface area contributed by atoms with Crippen LogP contribution in [0.5, 0.6) is 0 Å². The first-order chi connectivity index (χ1) is 11.3. The molecule has 1 amide bonds. The molecule has 0 rings (SSSR count). The lowest BCUT2D eigenvalue weighted by Gasteiger charge is -2.05. The number of hydrogen-bond donors (Lipinski definition) is 2. The minimum atomic E-state index is -0.927. The summed E-state index contributed by atoms with van der Waals surface area (Å²) in [7, 11) is 0. The van der Waals surface area contributed by atoms with E-state index in [4.69, 9.17) is 5.11 Å². The Morgan fingerprint density at radius 2 is 1.79 bits per heavy atom. The number of carbonyl (C=O) groups excluding carboxylic acids is 3. The lowest BCUT2D eigenvalue weighted by atomic mass is 10.1. The number of ketones is 2. The third-order valence-electron chi connectivity index (χ3n) is 2.95. The third-order valence-corrected chi connectivity index (χ3v) is 2.95.